The lowest BCUT2D eigenvalue weighted by molar-refractivity contribution is -0.123. The number of hydrazine groups is 1. The lowest BCUT2D eigenvalue weighted by atomic mass is 10.1. The van der Waals surface area contributed by atoms with Gasteiger partial charge >= 0.3 is 6.03 Å². The van der Waals surface area contributed by atoms with Crippen molar-refractivity contribution >= 4 is 86.1 Å². The van der Waals surface area contributed by atoms with Crippen LogP contribution in [0.2, 0.25) is 10.0 Å². The summed E-state index contributed by atoms with van der Waals surface area (Å²) >= 11 is 18.3. The van der Waals surface area contributed by atoms with Gasteiger partial charge in [0.1, 0.15) is 0 Å². The van der Waals surface area contributed by atoms with Crippen LogP contribution in [0.15, 0.2) is 53.6 Å². The standard InChI is InChI=1S/C22H18Cl2N4O2S2/c1-12(2)27-11-13(15-5-3-4-6-18(15)27)9-19-20(29)28(22(31)32-19)26-21(30)25-14-7-8-16(23)17(24)10-14/h3-12H,1-2H3,(H2,25,26,30)/b19-9+. The Hall–Kier alpha value is -2.52. The molecule has 0 saturated carbocycles. The molecule has 1 aliphatic rings. The molecule has 1 fully saturated rings. The number of thioether (sulfide) groups is 1. The second kappa shape index (κ2) is 9.15. The van der Waals surface area contributed by atoms with E-state index in [4.69, 9.17) is 35.4 Å². The van der Waals surface area contributed by atoms with Gasteiger partial charge in [0.15, 0.2) is 4.32 Å². The molecule has 2 N–H and O–H groups in total. The van der Waals surface area contributed by atoms with Crippen molar-refractivity contribution in [1.29, 1.82) is 0 Å². The SMILES string of the molecule is CC(C)n1cc(/C=C2/SC(=S)N(NC(=O)Nc3ccc(Cl)c(Cl)c3)C2=O)c2ccccc21. The molecule has 10 heteroatoms. The van der Waals surface area contributed by atoms with Gasteiger partial charge in [0.2, 0.25) is 0 Å². The Morgan fingerprint density at radius 2 is 1.91 bits per heavy atom. The molecule has 0 bridgehead atoms. The highest BCUT2D eigenvalue weighted by Crippen LogP contribution is 2.34. The molecule has 6 nitrogen and oxygen atoms in total. The molecule has 2 heterocycles. The fourth-order valence-electron chi connectivity index (χ4n) is 3.31. The minimum absolute atomic E-state index is 0.234. The summed E-state index contributed by atoms with van der Waals surface area (Å²) in [6.07, 6.45) is 3.82. The summed E-state index contributed by atoms with van der Waals surface area (Å²) in [5.74, 6) is -0.398. The number of hydrogen-bond donors (Lipinski definition) is 2. The second-order valence-corrected chi connectivity index (χ2v) is 9.80. The van der Waals surface area contributed by atoms with Gasteiger partial charge in [-0.3, -0.25) is 4.79 Å². The number of halogens is 2. The molecule has 0 aliphatic carbocycles. The van der Waals surface area contributed by atoms with E-state index in [1.165, 1.54) is 6.07 Å². The van der Waals surface area contributed by atoms with Crippen LogP contribution in [0.3, 0.4) is 0 Å². The third kappa shape index (κ3) is 4.49. The molecular weight excluding hydrogens is 487 g/mol. The molecule has 0 spiro atoms. The molecule has 0 atom stereocenters. The number of carbonyl (C=O) groups is 2. The van der Waals surface area contributed by atoms with E-state index in [1.54, 1.807) is 18.2 Å². The highest BCUT2D eigenvalue weighted by Gasteiger charge is 2.34. The van der Waals surface area contributed by atoms with Gasteiger partial charge in [-0.15, -0.1) is 0 Å². The largest absolute Gasteiger partial charge is 0.344 e. The number of nitrogens with zero attached hydrogens (tertiary/aromatic N) is 2. The number of aromatic nitrogens is 1. The van der Waals surface area contributed by atoms with E-state index in [0.717, 1.165) is 33.2 Å². The predicted octanol–water partition coefficient (Wildman–Crippen LogP) is 6.47. The topological polar surface area (TPSA) is 66.4 Å². The van der Waals surface area contributed by atoms with Crippen LogP contribution in [0.5, 0.6) is 0 Å². The van der Waals surface area contributed by atoms with Crippen LogP contribution < -0.4 is 10.7 Å². The third-order valence-corrected chi connectivity index (χ3v) is 6.84. The second-order valence-electron chi connectivity index (χ2n) is 7.31. The predicted molar refractivity (Wildman–Crippen MR) is 136 cm³/mol. The van der Waals surface area contributed by atoms with Crippen molar-refractivity contribution in [2.45, 2.75) is 19.9 Å². The molecule has 0 unspecified atom stereocenters. The smallest absolute Gasteiger partial charge is 0.338 e. The van der Waals surface area contributed by atoms with Gasteiger partial charge in [-0.05, 0) is 56.4 Å². The molecule has 0 radical (unpaired) electrons. The minimum atomic E-state index is -0.627. The average molecular weight is 505 g/mol. The van der Waals surface area contributed by atoms with E-state index in [9.17, 15) is 9.59 Å². The Bertz CT molecular complexity index is 1290. The first-order valence-corrected chi connectivity index (χ1v) is 11.6. The molecule has 32 heavy (non-hydrogen) atoms. The summed E-state index contributed by atoms with van der Waals surface area (Å²) in [7, 11) is 0. The molecule has 1 aromatic heterocycles. The zero-order valence-corrected chi connectivity index (χ0v) is 20.2. The quantitative estimate of drug-likeness (QED) is 0.315. The van der Waals surface area contributed by atoms with Crippen LogP contribution in [-0.2, 0) is 4.79 Å². The minimum Gasteiger partial charge on any atom is -0.344 e. The van der Waals surface area contributed by atoms with Crippen molar-refractivity contribution in [3.63, 3.8) is 0 Å². The summed E-state index contributed by atoms with van der Waals surface area (Å²) in [5.41, 5.74) is 4.92. The Morgan fingerprint density at radius 3 is 2.62 bits per heavy atom. The van der Waals surface area contributed by atoms with E-state index >= 15 is 0 Å². The number of anilines is 1. The summed E-state index contributed by atoms with van der Waals surface area (Å²) in [4.78, 5) is 25.8. The number of nitrogens with one attached hydrogen (secondary N) is 2. The molecule has 3 aromatic rings. The lowest BCUT2D eigenvalue weighted by Gasteiger charge is -2.16. The number of hydrogen-bond acceptors (Lipinski definition) is 4. The Balaban J connectivity index is 1.54. The Labute approximate surface area is 204 Å². The van der Waals surface area contributed by atoms with Crippen molar-refractivity contribution in [3.05, 3.63) is 69.2 Å². The monoisotopic (exact) mass is 504 g/mol. The zero-order valence-electron chi connectivity index (χ0n) is 17.1. The number of para-hydroxylation sites is 1. The molecule has 4 rings (SSSR count). The van der Waals surface area contributed by atoms with Crippen LogP contribution >= 0.6 is 47.2 Å². The number of thiocarbonyl (C=S) groups is 1. The number of urea groups is 1. The van der Waals surface area contributed by atoms with Crippen molar-refractivity contribution in [2.24, 2.45) is 0 Å². The van der Waals surface area contributed by atoms with E-state index in [2.05, 4.69) is 29.2 Å². The summed E-state index contributed by atoms with van der Waals surface area (Å²) in [6, 6.07) is 12.3. The molecule has 1 aliphatic heterocycles. The Kier molecular flexibility index (Phi) is 6.48. The molecule has 3 amide bonds. The Morgan fingerprint density at radius 1 is 1.16 bits per heavy atom. The number of benzene rings is 2. The summed E-state index contributed by atoms with van der Waals surface area (Å²) in [5, 5.41) is 5.38. The molecule has 1 saturated heterocycles. The van der Waals surface area contributed by atoms with Crippen molar-refractivity contribution in [3.8, 4) is 0 Å². The van der Waals surface area contributed by atoms with E-state index < -0.39 is 11.9 Å². The van der Waals surface area contributed by atoms with Crippen LogP contribution in [0.1, 0.15) is 25.5 Å². The van der Waals surface area contributed by atoms with Crippen molar-refractivity contribution in [1.82, 2.24) is 15.0 Å². The molecular formula is C22H18Cl2N4O2S2. The van der Waals surface area contributed by atoms with Crippen molar-refractivity contribution < 1.29 is 9.59 Å². The molecule has 2 aromatic carbocycles. The van der Waals surface area contributed by atoms with Gasteiger partial charge in [-0.2, -0.15) is 5.01 Å². The summed E-state index contributed by atoms with van der Waals surface area (Å²) < 4.78 is 2.39. The maximum Gasteiger partial charge on any atom is 0.338 e. The first-order chi connectivity index (χ1) is 15.2. The maximum absolute atomic E-state index is 12.9. The van der Waals surface area contributed by atoms with Crippen LogP contribution in [-0.4, -0.2) is 25.8 Å². The van der Waals surface area contributed by atoms with Gasteiger partial charge in [-0.1, -0.05) is 53.2 Å². The van der Waals surface area contributed by atoms with Gasteiger partial charge in [0, 0.05) is 34.4 Å². The van der Waals surface area contributed by atoms with Gasteiger partial charge in [0.05, 0.1) is 15.0 Å². The van der Waals surface area contributed by atoms with Gasteiger partial charge < -0.3 is 9.88 Å². The first-order valence-electron chi connectivity index (χ1n) is 9.65. The van der Waals surface area contributed by atoms with Crippen molar-refractivity contribution in [2.75, 3.05) is 5.32 Å². The number of carbonyl (C=O) groups excluding carboxylic acids is 2. The fourth-order valence-corrected chi connectivity index (χ4v) is 4.78. The van der Waals surface area contributed by atoms with Gasteiger partial charge in [0.25, 0.3) is 5.91 Å². The first kappa shape index (κ1) is 22.7. The zero-order chi connectivity index (χ0) is 23.0. The van der Waals surface area contributed by atoms with E-state index in [1.807, 2.05) is 30.5 Å². The highest BCUT2D eigenvalue weighted by molar-refractivity contribution is 8.26. The third-order valence-electron chi connectivity index (χ3n) is 4.80. The van der Waals surface area contributed by atoms with E-state index in [-0.39, 0.29) is 10.4 Å². The number of fused-ring (bicyclic) bond motifs is 1. The number of amides is 3. The maximum atomic E-state index is 12.9. The van der Waals surface area contributed by atoms with E-state index in [0.29, 0.717) is 20.6 Å². The van der Waals surface area contributed by atoms with Crippen LogP contribution in [0.25, 0.3) is 17.0 Å². The number of rotatable bonds is 4. The normalized spacial score (nSPS) is 15.3. The highest BCUT2D eigenvalue weighted by atomic mass is 35.5. The molecule has 164 valence electrons. The van der Waals surface area contributed by atoms with Gasteiger partial charge in [-0.25, -0.2) is 10.2 Å². The lowest BCUT2D eigenvalue weighted by Crippen LogP contribution is -2.46. The van der Waals surface area contributed by atoms with Crippen LogP contribution in [0, 0.1) is 0 Å². The van der Waals surface area contributed by atoms with Crippen LogP contribution in [0.4, 0.5) is 10.5 Å². The fraction of sp³-hybridized carbons (Fsp3) is 0.136. The summed E-state index contributed by atoms with van der Waals surface area (Å²) in [6.45, 7) is 4.21. The average Bonchev–Trinajstić information content (AvgIpc) is 3.24.